The van der Waals surface area contributed by atoms with Gasteiger partial charge in [0.2, 0.25) is 0 Å². The van der Waals surface area contributed by atoms with E-state index in [2.05, 4.69) is 15.1 Å². The smallest absolute Gasteiger partial charge is 0.272 e. The molecule has 126 valence electrons. The summed E-state index contributed by atoms with van der Waals surface area (Å²) in [7, 11) is 1.92. The van der Waals surface area contributed by atoms with E-state index < -0.39 is 0 Å². The first-order chi connectivity index (χ1) is 11.7. The second-order valence-electron chi connectivity index (χ2n) is 6.63. The summed E-state index contributed by atoms with van der Waals surface area (Å²) in [6, 6.07) is 1.65. The van der Waals surface area contributed by atoms with Crippen molar-refractivity contribution in [3.05, 3.63) is 41.7 Å². The van der Waals surface area contributed by atoms with Crippen LogP contribution < -0.4 is 0 Å². The number of fused-ring (bicyclic) bond motifs is 1. The standard InChI is InChI=1S/C17H21N5O2/c1-21-16-8-22(17(23)15-4-5-18-11-19-15)7-13(14(16)6-20-21)10-24-9-12-2-3-12/h4-6,11-13H,2-3,7-10H2,1H3/t13-/m0/s1. The molecule has 3 heterocycles. The highest BCUT2D eigenvalue weighted by Crippen LogP contribution is 2.31. The third kappa shape index (κ3) is 3.03. The Kier molecular flexibility index (Phi) is 4.02. The molecule has 24 heavy (non-hydrogen) atoms. The molecule has 2 aliphatic rings. The molecule has 1 fully saturated rings. The van der Waals surface area contributed by atoms with E-state index in [4.69, 9.17) is 4.74 Å². The van der Waals surface area contributed by atoms with Gasteiger partial charge in [-0.15, -0.1) is 0 Å². The van der Waals surface area contributed by atoms with Gasteiger partial charge in [-0.1, -0.05) is 0 Å². The number of aromatic nitrogens is 4. The van der Waals surface area contributed by atoms with Crippen molar-refractivity contribution >= 4 is 5.91 Å². The van der Waals surface area contributed by atoms with Crippen LogP contribution in [0, 0.1) is 5.92 Å². The number of amides is 1. The van der Waals surface area contributed by atoms with Crippen LogP contribution in [0.15, 0.2) is 24.8 Å². The molecule has 4 rings (SSSR count). The van der Waals surface area contributed by atoms with Gasteiger partial charge in [0.05, 0.1) is 25.0 Å². The predicted molar refractivity (Wildman–Crippen MR) is 86.3 cm³/mol. The maximum atomic E-state index is 12.7. The van der Waals surface area contributed by atoms with Gasteiger partial charge in [-0.25, -0.2) is 9.97 Å². The zero-order valence-corrected chi connectivity index (χ0v) is 13.8. The highest BCUT2D eigenvalue weighted by Gasteiger charge is 2.32. The SMILES string of the molecule is Cn1ncc2c1CN(C(=O)c1ccncn1)C[C@H]2COCC1CC1. The van der Waals surface area contributed by atoms with Gasteiger partial charge in [-0.3, -0.25) is 9.48 Å². The second-order valence-corrected chi connectivity index (χ2v) is 6.63. The number of carbonyl (C=O) groups excluding carboxylic acids is 1. The Bertz CT molecular complexity index is 726. The highest BCUT2D eigenvalue weighted by molar-refractivity contribution is 5.92. The molecule has 1 amide bonds. The van der Waals surface area contributed by atoms with Gasteiger partial charge in [-0.05, 0) is 24.8 Å². The number of aryl methyl sites for hydroxylation is 1. The maximum Gasteiger partial charge on any atom is 0.272 e. The molecular weight excluding hydrogens is 306 g/mol. The van der Waals surface area contributed by atoms with E-state index in [1.54, 1.807) is 12.3 Å². The lowest BCUT2D eigenvalue weighted by atomic mass is 9.95. The minimum atomic E-state index is -0.0727. The van der Waals surface area contributed by atoms with E-state index >= 15 is 0 Å². The Morgan fingerprint density at radius 1 is 1.38 bits per heavy atom. The maximum absolute atomic E-state index is 12.7. The van der Waals surface area contributed by atoms with E-state index in [0.717, 1.165) is 18.2 Å². The lowest BCUT2D eigenvalue weighted by molar-refractivity contribution is 0.0618. The molecule has 2 aromatic rings. The lowest BCUT2D eigenvalue weighted by Gasteiger charge is -2.32. The Labute approximate surface area is 140 Å². The molecule has 1 saturated carbocycles. The van der Waals surface area contributed by atoms with Crippen LogP contribution in [0.1, 0.15) is 40.5 Å². The van der Waals surface area contributed by atoms with E-state index in [-0.39, 0.29) is 11.8 Å². The molecule has 0 saturated heterocycles. The van der Waals surface area contributed by atoms with Gasteiger partial charge < -0.3 is 9.64 Å². The number of rotatable bonds is 5. The van der Waals surface area contributed by atoms with E-state index in [1.807, 2.05) is 22.8 Å². The molecule has 0 aromatic carbocycles. The second kappa shape index (κ2) is 6.32. The fraction of sp³-hybridized carbons (Fsp3) is 0.529. The number of hydrogen-bond acceptors (Lipinski definition) is 5. The zero-order chi connectivity index (χ0) is 16.5. The Hall–Kier alpha value is -2.28. The fourth-order valence-corrected chi connectivity index (χ4v) is 3.16. The van der Waals surface area contributed by atoms with Crippen molar-refractivity contribution in [2.45, 2.75) is 25.3 Å². The van der Waals surface area contributed by atoms with Gasteiger partial charge in [0.1, 0.15) is 12.0 Å². The molecule has 2 aromatic heterocycles. The summed E-state index contributed by atoms with van der Waals surface area (Å²) in [5.41, 5.74) is 2.69. The van der Waals surface area contributed by atoms with E-state index in [0.29, 0.717) is 25.4 Å². The Morgan fingerprint density at radius 3 is 3.00 bits per heavy atom. The van der Waals surface area contributed by atoms with Crippen molar-refractivity contribution in [3.63, 3.8) is 0 Å². The normalized spacial score (nSPS) is 20.0. The molecule has 1 aliphatic carbocycles. The van der Waals surface area contributed by atoms with Crippen LogP contribution in [0.3, 0.4) is 0 Å². The molecule has 7 nitrogen and oxygen atoms in total. The number of ether oxygens (including phenoxy) is 1. The summed E-state index contributed by atoms with van der Waals surface area (Å²) in [6.45, 7) is 2.63. The van der Waals surface area contributed by atoms with Crippen molar-refractivity contribution in [3.8, 4) is 0 Å². The first-order valence-corrected chi connectivity index (χ1v) is 8.36. The quantitative estimate of drug-likeness (QED) is 0.829. The summed E-state index contributed by atoms with van der Waals surface area (Å²) < 4.78 is 7.75. The lowest BCUT2D eigenvalue weighted by Crippen LogP contribution is -2.40. The Morgan fingerprint density at radius 2 is 2.25 bits per heavy atom. The summed E-state index contributed by atoms with van der Waals surface area (Å²) in [6.07, 6.45) is 7.47. The topological polar surface area (TPSA) is 73.1 Å². The third-order valence-corrected chi connectivity index (χ3v) is 4.77. The van der Waals surface area contributed by atoms with Gasteiger partial charge >= 0.3 is 0 Å². The molecule has 0 spiro atoms. The largest absolute Gasteiger partial charge is 0.380 e. The minimum absolute atomic E-state index is 0.0727. The van der Waals surface area contributed by atoms with Crippen LogP contribution in [0.4, 0.5) is 0 Å². The molecular formula is C17H21N5O2. The van der Waals surface area contributed by atoms with Gasteiger partial charge in [0, 0.05) is 37.9 Å². The van der Waals surface area contributed by atoms with Crippen molar-refractivity contribution in [2.75, 3.05) is 19.8 Å². The first kappa shape index (κ1) is 15.3. The van der Waals surface area contributed by atoms with Crippen molar-refractivity contribution in [1.29, 1.82) is 0 Å². The van der Waals surface area contributed by atoms with E-state index in [1.165, 1.54) is 24.7 Å². The van der Waals surface area contributed by atoms with Crippen LogP contribution >= 0.6 is 0 Å². The third-order valence-electron chi connectivity index (χ3n) is 4.77. The van der Waals surface area contributed by atoms with Crippen molar-refractivity contribution < 1.29 is 9.53 Å². The molecule has 0 radical (unpaired) electrons. The summed E-state index contributed by atoms with van der Waals surface area (Å²) in [5, 5.41) is 4.37. The highest BCUT2D eigenvalue weighted by atomic mass is 16.5. The van der Waals surface area contributed by atoms with Crippen molar-refractivity contribution in [2.24, 2.45) is 13.0 Å². The van der Waals surface area contributed by atoms with Crippen LogP contribution in [-0.4, -0.2) is 50.3 Å². The molecule has 0 N–H and O–H groups in total. The van der Waals surface area contributed by atoms with Crippen LogP contribution in [-0.2, 0) is 18.3 Å². The zero-order valence-electron chi connectivity index (χ0n) is 13.8. The molecule has 0 bridgehead atoms. The van der Waals surface area contributed by atoms with Crippen LogP contribution in [0.2, 0.25) is 0 Å². The van der Waals surface area contributed by atoms with Crippen LogP contribution in [0.25, 0.3) is 0 Å². The molecule has 0 unspecified atom stereocenters. The van der Waals surface area contributed by atoms with Gasteiger partial charge in [0.25, 0.3) is 5.91 Å². The predicted octanol–water partition coefficient (Wildman–Crippen LogP) is 1.38. The average Bonchev–Trinajstić information content (AvgIpc) is 3.37. The summed E-state index contributed by atoms with van der Waals surface area (Å²) >= 11 is 0. The number of hydrogen-bond donors (Lipinski definition) is 0. The van der Waals surface area contributed by atoms with Crippen molar-refractivity contribution in [1.82, 2.24) is 24.6 Å². The average molecular weight is 327 g/mol. The van der Waals surface area contributed by atoms with Gasteiger partial charge in [0.15, 0.2) is 0 Å². The number of nitrogens with zero attached hydrogens (tertiary/aromatic N) is 5. The fourth-order valence-electron chi connectivity index (χ4n) is 3.16. The van der Waals surface area contributed by atoms with E-state index in [9.17, 15) is 4.79 Å². The molecule has 1 atom stereocenters. The molecule has 1 aliphatic heterocycles. The first-order valence-electron chi connectivity index (χ1n) is 8.36. The minimum Gasteiger partial charge on any atom is -0.380 e. The van der Waals surface area contributed by atoms with Crippen LogP contribution in [0.5, 0.6) is 0 Å². The summed E-state index contributed by atoms with van der Waals surface area (Å²) in [5.74, 6) is 0.823. The van der Waals surface area contributed by atoms with Gasteiger partial charge in [-0.2, -0.15) is 5.10 Å². The number of carbonyl (C=O) groups is 1. The molecule has 7 heteroatoms. The Balaban J connectivity index is 1.52. The summed E-state index contributed by atoms with van der Waals surface area (Å²) in [4.78, 5) is 22.5. The monoisotopic (exact) mass is 327 g/mol.